The van der Waals surface area contributed by atoms with Crippen molar-refractivity contribution in [1.82, 2.24) is 15.0 Å². The van der Waals surface area contributed by atoms with Crippen molar-refractivity contribution >= 4 is 202 Å². The summed E-state index contributed by atoms with van der Waals surface area (Å²) in [6, 6.07) is 93.7. The Bertz CT molecular complexity index is 8000. The maximum atomic E-state index is 9.15. The second-order valence-electron chi connectivity index (χ2n) is 33.6. The first-order chi connectivity index (χ1) is 61.7. The van der Waals surface area contributed by atoms with Gasteiger partial charge >= 0.3 is 0 Å². The Morgan fingerprint density at radius 2 is 0.600 bits per heavy atom. The third-order valence-corrected chi connectivity index (χ3v) is 25.7. The van der Waals surface area contributed by atoms with E-state index >= 15 is 0 Å². The summed E-state index contributed by atoms with van der Waals surface area (Å²) in [5.74, 6) is 1.75. The number of benzene rings is 17. The third-order valence-electron chi connectivity index (χ3n) is 25.7. The Hall–Kier alpha value is -14.2. The molecule has 13 heteroatoms. The molecule has 125 heavy (non-hydrogen) atoms. The number of aromatic nitrogens is 3. The number of anilines is 3. The first kappa shape index (κ1) is 78.1. The lowest BCUT2D eigenvalue weighted by Crippen LogP contribution is -2.25. The van der Waals surface area contributed by atoms with Gasteiger partial charge in [0.25, 0.3) is 0 Å². The molecule has 0 atom stereocenters. The topological polar surface area (TPSA) is 151 Å². The Morgan fingerprint density at radius 3 is 1.02 bits per heavy atom. The molecule has 0 amide bonds. The van der Waals surface area contributed by atoms with Crippen molar-refractivity contribution in [3.63, 3.8) is 0 Å². The Kier molecular flexibility index (Phi) is 20.7. The quantitative estimate of drug-likeness (QED) is 0.0417. The van der Waals surface area contributed by atoms with E-state index in [2.05, 4.69) is 293 Å². The molecule has 0 aliphatic rings. The van der Waals surface area contributed by atoms with E-state index in [0.717, 1.165) is 187 Å². The molecule has 6 heterocycles. The van der Waals surface area contributed by atoms with Gasteiger partial charge in [-0.1, -0.05) is 250 Å². The van der Waals surface area contributed by atoms with E-state index in [4.69, 9.17) is 46.7 Å². The molecule has 0 unspecified atom stereocenters. The number of unbranched alkanes of at least 4 members (excludes halogenated alkanes) is 6. The van der Waals surface area contributed by atoms with E-state index in [1.807, 2.05) is 18.2 Å². The van der Waals surface area contributed by atoms with Gasteiger partial charge in [0.15, 0.2) is 33.5 Å². The van der Waals surface area contributed by atoms with Crippen molar-refractivity contribution in [3.8, 4) is 40.4 Å². The highest BCUT2D eigenvalue weighted by Gasteiger charge is 2.28. The summed E-state index contributed by atoms with van der Waals surface area (Å²) in [6.45, 7) is 19.8. The van der Waals surface area contributed by atoms with E-state index in [0.29, 0.717) is 40.0 Å². The molecular weight excluding hydrogens is 1540 g/mol. The SMILES string of the molecule is CCCCN(CCCC)c1ccc2c(c1)oc1c3oc(-c4c5ccccc5cc5ccccc45)nc3c3ccccc3c21.CCCCN(CCCC)c1ccc2c(c1)oc1c3oc(-c4ccc(C#N)cc4)nc3c3ccccc3c21.CCCCN(CCCC)c1ccc2c(c1)oc1c3oc(-c4ccc5ccc6cccc7ccc4c5c67)nc3c3ccccc3c21. The predicted molar refractivity (Wildman–Crippen MR) is 522 cm³/mol. The maximum absolute atomic E-state index is 9.15. The molecule has 23 aromatic rings. The maximum Gasteiger partial charge on any atom is 0.228 e. The molecule has 0 aliphatic heterocycles. The van der Waals surface area contributed by atoms with Crippen molar-refractivity contribution < 1.29 is 26.5 Å². The zero-order valence-electron chi connectivity index (χ0n) is 71.6. The summed E-state index contributed by atoms with van der Waals surface area (Å²) in [6.07, 6.45) is 14.1. The number of hydrogen-bond acceptors (Lipinski definition) is 13. The molecule has 0 radical (unpaired) electrons. The molecular formula is C112H97N7O6. The van der Waals surface area contributed by atoms with Crippen molar-refractivity contribution in [2.24, 2.45) is 0 Å². The van der Waals surface area contributed by atoms with E-state index in [1.165, 1.54) is 132 Å². The fraction of sp³-hybridized carbons (Fsp3) is 0.214. The van der Waals surface area contributed by atoms with Crippen molar-refractivity contribution in [2.45, 2.75) is 119 Å². The molecule has 0 fully saturated rings. The van der Waals surface area contributed by atoms with Gasteiger partial charge in [0.2, 0.25) is 17.7 Å². The van der Waals surface area contributed by atoms with Crippen LogP contribution in [0.3, 0.4) is 0 Å². The number of fused-ring (bicyclic) bond motifs is 26. The number of furan rings is 3. The van der Waals surface area contributed by atoms with Crippen LogP contribution in [-0.2, 0) is 0 Å². The van der Waals surface area contributed by atoms with Gasteiger partial charge in [0.1, 0.15) is 33.3 Å². The highest BCUT2D eigenvalue weighted by molar-refractivity contribution is 6.32. The minimum absolute atomic E-state index is 0.517. The van der Waals surface area contributed by atoms with Gasteiger partial charge in [-0.25, -0.2) is 15.0 Å². The molecule has 6 aromatic heterocycles. The van der Waals surface area contributed by atoms with E-state index in [-0.39, 0.29) is 0 Å². The summed E-state index contributed by atoms with van der Waals surface area (Å²) >= 11 is 0. The van der Waals surface area contributed by atoms with Gasteiger partial charge in [0, 0.05) is 134 Å². The molecule has 0 saturated carbocycles. The molecule has 13 nitrogen and oxygen atoms in total. The van der Waals surface area contributed by atoms with Gasteiger partial charge in [-0.15, -0.1) is 0 Å². The van der Waals surface area contributed by atoms with Crippen LogP contribution < -0.4 is 14.7 Å². The van der Waals surface area contributed by atoms with Crippen LogP contribution in [0.1, 0.15) is 124 Å². The van der Waals surface area contributed by atoms with Gasteiger partial charge in [-0.2, -0.15) is 5.26 Å². The second kappa shape index (κ2) is 33.2. The van der Waals surface area contributed by atoms with Crippen LogP contribution in [0.25, 0.3) is 220 Å². The highest BCUT2D eigenvalue weighted by Crippen LogP contribution is 2.50. The third kappa shape index (κ3) is 13.7. The van der Waals surface area contributed by atoms with E-state index in [1.54, 1.807) is 12.1 Å². The van der Waals surface area contributed by atoms with Crippen molar-refractivity contribution in [3.05, 3.63) is 266 Å². The van der Waals surface area contributed by atoms with Crippen LogP contribution in [-0.4, -0.2) is 54.2 Å². The predicted octanol–water partition coefficient (Wildman–Crippen LogP) is 31.9. The van der Waals surface area contributed by atoms with E-state index in [9.17, 15) is 0 Å². The molecule has 0 spiro atoms. The summed E-state index contributed by atoms with van der Waals surface area (Å²) in [5.41, 5.74) is 16.5. The second-order valence-corrected chi connectivity index (χ2v) is 33.6. The van der Waals surface area contributed by atoms with Crippen molar-refractivity contribution in [1.29, 1.82) is 5.26 Å². The van der Waals surface area contributed by atoms with E-state index < -0.39 is 0 Å². The smallest absolute Gasteiger partial charge is 0.228 e. The number of nitriles is 1. The fourth-order valence-corrected chi connectivity index (χ4v) is 19.2. The lowest BCUT2D eigenvalue weighted by atomic mass is 9.92. The Balaban J connectivity index is 0.000000115. The molecule has 0 bridgehead atoms. The van der Waals surface area contributed by atoms with Gasteiger partial charge < -0.3 is 41.2 Å². The number of oxazole rings is 3. The lowest BCUT2D eigenvalue weighted by Gasteiger charge is -2.24. The molecule has 23 rings (SSSR count). The summed E-state index contributed by atoms with van der Waals surface area (Å²) in [4.78, 5) is 22.8. The van der Waals surface area contributed by atoms with Crippen LogP contribution >= 0.6 is 0 Å². The van der Waals surface area contributed by atoms with Crippen LogP contribution in [0, 0.1) is 11.3 Å². The zero-order chi connectivity index (χ0) is 84.3. The molecule has 0 saturated heterocycles. The summed E-state index contributed by atoms with van der Waals surface area (Å²) < 4.78 is 40.0. The highest BCUT2D eigenvalue weighted by atomic mass is 16.4. The van der Waals surface area contributed by atoms with Crippen LogP contribution in [0.5, 0.6) is 0 Å². The average Bonchev–Trinajstić information content (AvgIpc) is 1.56. The summed E-state index contributed by atoms with van der Waals surface area (Å²) in [7, 11) is 0. The molecule has 17 aromatic carbocycles. The number of nitrogens with zero attached hydrogens (tertiary/aromatic N) is 7. The Labute approximate surface area is 724 Å². The van der Waals surface area contributed by atoms with Gasteiger partial charge in [-0.05, 0) is 181 Å². The average molecular weight is 1640 g/mol. The first-order valence-electron chi connectivity index (χ1n) is 45.1. The Morgan fingerprint density at radius 1 is 0.264 bits per heavy atom. The fourth-order valence-electron chi connectivity index (χ4n) is 19.2. The monoisotopic (exact) mass is 1640 g/mol. The lowest BCUT2D eigenvalue weighted by molar-refractivity contribution is 0.603. The molecule has 616 valence electrons. The van der Waals surface area contributed by atoms with Crippen molar-refractivity contribution in [2.75, 3.05) is 54.0 Å². The first-order valence-corrected chi connectivity index (χ1v) is 45.1. The van der Waals surface area contributed by atoms with Gasteiger partial charge in [0.05, 0.1) is 17.2 Å². The minimum atomic E-state index is 0.517. The molecule has 0 aliphatic carbocycles. The van der Waals surface area contributed by atoms with Crippen LogP contribution in [0.2, 0.25) is 0 Å². The standard InChI is InChI=1S/C41H34N2O2.C39H34N2O2.C32H29N3O2/c1-3-5-22-43(23-6-4-2)28-18-21-33-34(24-28)44-39-37(33)29-12-7-8-13-31(29)38-40(39)45-41(42-38)32-20-17-27-15-14-25-10-9-11-26-16-19-30(32)36(27)35(25)26;1-3-5-21-41(22-6-4-2)27-19-20-32-33(24-27)42-37-34(32)30-17-11-12-18-31(30)36-38(37)43-39(40-36)35-28-15-9-7-13-25(28)23-26-14-8-10-16-29(26)35;1-3-5-17-35(18-6-4-2)23-15-16-26-27(19-23)36-30-28(26)24-9-7-8-10-25(24)29-31(30)37-32(34-29)22-13-11-21(20-33)12-14-22/h7-21,24H,3-6,22-23H2,1-2H3;7-20,23-24H,3-6,21-22H2,1-2H3;7-16,19H,3-6,17-18H2,1-2H3. The summed E-state index contributed by atoms with van der Waals surface area (Å²) in [5, 5.41) is 34.2. The largest absolute Gasteiger partial charge is 0.452 e. The van der Waals surface area contributed by atoms with Gasteiger partial charge in [-0.3, -0.25) is 0 Å². The zero-order valence-corrected chi connectivity index (χ0v) is 71.6. The molecule has 0 N–H and O–H groups in total. The minimum Gasteiger partial charge on any atom is -0.452 e. The van der Waals surface area contributed by atoms with Crippen LogP contribution in [0.4, 0.5) is 17.1 Å². The van der Waals surface area contributed by atoms with Crippen LogP contribution in [0.15, 0.2) is 287 Å². The number of hydrogen-bond donors (Lipinski definition) is 0. The number of rotatable bonds is 24. The normalized spacial score (nSPS) is 12.0.